The van der Waals surface area contributed by atoms with Gasteiger partial charge in [-0.1, -0.05) is 35.9 Å². The minimum atomic E-state index is -0.898. The predicted octanol–water partition coefficient (Wildman–Crippen LogP) is 4.42. The van der Waals surface area contributed by atoms with E-state index in [1.54, 1.807) is 24.3 Å². The molecule has 24 heavy (non-hydrogen) atoms. The Morgan fingerprint density at radius 1 is 1.25 bits per heavy atom. The molecule has 0 amide bonds. The Kier molecular flexibility index (Phi) is 4.82. The van der Waals surface area contributed by atoms with Gasteiger partial charge in [-0.05, 0) is 35.9 Å². The van der Waals surface area contributed by atoms with Gasteiger partial charge in [0.25, 0.3) is 0 Å². The van der Waals surface area contributed by atoms with Crippen LogP contribution in [0.2, 0.25) is 0 Å². The molecule has 0 atom stereocenters. The van der Waals surface area contributed by atoms with Crippen molar-refractivity contribution < 1.29 is 19.1 Å². The highest BCUT2D eigenvalue weighted by atomic mass is 35.5. The minimum Gasteiger partial charge on any atom is -0.493 e. The second-order valence-corrected chi connectivity index (χ2v) is 5.45. The smallest absolute Gasteiger partial charge is 0.306 e. The van der Waals surface area contributed by atoms with Crippen molar-refractivity contribution in [1.29, 1.82) is 0 Å². The summed E-state index contributed by atoms with van der Waals surface area (Å²) < 4.78 is 11.0. The van der Waals surface area contributed by atoms with E-state index in [0.29, 0.717) is 22.3 Å². The van der Waals surface area contributed by atoms with Gasteiger partial charge in [0.2, 0.25) is 5.89 Å². The maximum Gasteiger partial charge on any atom is 0.306 e. The number of hydrogen-bond acceptors (Lipinski definition) is 4. The zero-order chi connectivity index (χ0) is 16.9. The first-order valence-electron chi connectivity index (χ1n) is 7.29. The van der Waals surface area contributed by atoms with E-state index in [-0.39, 0.29) is 13.0 Å². The van der Waals surface area contributed by atoms with Crippen molar-refractivity contribution in [3.8, 4) is 5.75 Å². The summed E-state index contributed by atoms with van der Waals surface area (Å²) in [7, 11) is 0. The summed E-state index contributed by atoms with van der Waals surface area (Å²) in [5, 5.41) is 9.00. The third-order valence-electron chi connectivity index (χ3n) is 3.23. The summed E-state index contributed by atoms with van der Waals surface area (Å²) in [5.41, 5.74) is 2.21. The summed E-state index contributed by atoms with van der Waals surface area (Å²) >= 11 is 6.30. The number of aliphatic carboxylic acids is 1. The number of hydrogen-bond donors (Lipinski definition) is 1. The first kappa shape index (κ1) is 16.1. The average molecular weight is 344 g/mol. The van der Waals surface area contributed by atoms with Gasteiger partial charge in [0.05, 0.1) is 13.0 Å². The molecule has 2 aromatic carbocycles. The molecule has 0 spiro atoms. The summed E-state index contributed by atoms with van der Waals surface area (Å²) in [6.45, 7) is 0.112. The summed E-state index contributed by atoms with van der Waals surface area (Å²) in [6, 6.07) is 14.6. The van der Waals surface area contributed by atoms with E-state index in [9.17, 15) is 4.79 Å². The average Bonchev–Trinajstić information content (AvgIpc) is 2.99. The lowest BCUT2D eigenvalue weighted by Crippen LogP contribution is -2.04. The second kappa shape index (κ2) is 7.19. The number of fused-ring (bicyclic) bond motifs is 1. The van der Waals surface area contributed by atoms with Crippen LogP contribution in [0.1, 0.15) is 17.9 Å². The number of nitrogens with zero attached hydrogens (tertiary/aromatic N) is 1. The van der Waals surface area contributed by atoms with E-state index in [0.717, 1.165) is 11.1 Å². The first-order chi connectivity index (χ1) is 11.6. The van der Waals surface area contributed by atoms with Gasteiger partial charge < -0.3 is 14.3 Å². The van der Waals surface area contributed by atoms with Crippen molar-refractivity contribution in [3.63, 3.8) is 0 Å². The molecule has 0 saturated carbocycles. The molecular formula is C18H14ClNO4. The van der Waals surface area contributed by atoms with E-state index >= 15 is 0 Å². The van der Waals surface area contributed by atoms with Crippen LogP contribution in [0.15, 0.2) is 52.9 Å². The van der Waals surface area contributed by atoms with E-state index < -0.39 is 5.97 Å². The van der Waals surface area contributed by atoms with Crippen molar-refractivity contribution in [2.75, 3.05) is 6.61 Å². The first-order valence-corrected chi connectivity index (χ1v) is 7.67. The SMILES string of the molecule is O=C(O)CCOc1cccc(C=C(Cl)c2nc3ccccc3o2)c1. The molecule has 122 valence electrons. The molecule has 0 aliphatic heterocycles. The monoisotopic (exact) mass is 343 g/mol. The molecule has 1 heterocycles. The van der Waals surface area contributed by atoms with Crippen LogP contribution in [0.4, 0.5) is 0 Å². The van der Waals surface area contributed by atoms with Gasteiger partial charge in [0, 0.05) is 0 Å². The molecule has 3 rings (SSSR count). The molecule has 1 N–H and O–H groups in total. The quantitative estimate of drug-likeness (QED) is 0.717. The molecule has 0 radical (unpaired) electrons. The maximum atomic E-state index is 10.5. The maximum absolute atomic E-state index is 10.5. The normalized spacial score (nSPS) is 11.6. The number of halogens is 1. The summed E-state index contributed by atoms with van der Waals surface area (Å²) in [5.74, 6) is 0.0205. The molecule has 3 aromatic rings. The Morgan fingerprint density at radius 3 is 2.88 bits per heavy atom. The molecule has 0 aliphatic rings. The lowest BCUT2D eigenvalue weighted by molar-refractivity contribution is -0.137. The van der Waals surface area contributed by atoms with Gasteiger partial charge >= 0.3 is 5.97 Å². The highest BCUT2D eigenvalue weighted by Crippen LogP contribution is 2.26. The topological polar surface area (TPSA) is 72.6 Å². The lowest BCUT2D eigenvalue weighted by Gasteiger charge is -2.05. The van der Waals surface area contributed by atoms with Gasteiger partial charge in [0.15, 0.2) is 5.58 Å². The number of ether oxygens (including phenoxy) is 1. The van der Waals surface area contributed by atoms with Crippen molar-refractivity contribution in [3.05, 3.63) is 60.0 Å². The summed E-state index contributed by atoms with van der Waals surface area (Å²) in [6.07, 6.45) is 1.67. The Labute approximate surface area is 143 Å². The van der Waals surface area contributed by atoms with Crippen molar-refractivity contribution >= 4 is 39.8 Å². The molecule has 5 nitrogen and oxygen atoms in total. The molecule has 0 bridgehead atoms. The van der Waals surface area contributed by atoms with E-state index in [4.69, 9.17) is 25.9 Å². The van der Waals surface area contributed by atoms with Crippen LogP contribution in [-0.2, 0) is 4.79 Å². The zero-order valence-corrected chi connectivity index (χ0v) is 13.4. The van der Waals surface area contributed by atoms with Crippen LogP contribution in [0, 0.1) is 0 Å². The molecule has 1 aromatic heterocycles. The third-order valence-corrected chi connectivity index (χ3v) is 3.51. The number of aromatic nitrogens is 1. The van der Waals surface area contributed by atoms with Gasteiger partial charge in [-0.3, -0.25) is 4.79 Å². The number of carbonyl (C=O) groups is 1. The second-order valence-electron chi connectivity index (χ2n) is 5.04. The van der Waals surface area contributed by atoms with Crippen molar-refractivity contribution in [1.82, 2.24) is 4.98 Å². The number of benzene rings is 2. The van der Waals surface area contributed by atoms with Gasteiger partial charge in [-0.25, -0.2) is 4.98 Å². The van der Waals surface area contributed by atoms with Crippen LogP contribution >= 0.6 is 11.6 Å². The van der Waals surface area contributed by atoms with Crippen molar-refractivity contribution in [2.45, 2.75) is 6.42 Å². The van der Waals surface area contributed by atoms with Crippen LogP contribution in [0.5, 0.6) is 5.75 Å². The molecule has 0 saturated heterocycles. The number of rotatable bonds is 6. The lowest BCUT2D eigenvalue weighted by atomic mass is 10.2. The largest absolute Gasteiger partial charge is 0.493 e. The van der Waals surface area contributed by atoms with Crippen LogP contribution in [-0.4, -0.2) is 22.7 Å². The Hall–Kier alpha value is -2.79. The molecule has 0 fully saturated rings. The van der Waals surface area contributed by atoms with Crippen LogP contribution in [0.3, 0.4) is 0 Å². The molecule has 6 heteroatoms. The fraction of sp³-hybridized carbons (Fsp3) is 0.111. The van der Waals surface area contributed by atoms with E-state index in [1.807, 2.05) is 30.3 Å². The number of carboxylic acid groups (broad SMARTS) is 1. The third kappa shape index (κ3) is 3.94. The van der Waals surface area contributed by atoms with Crippen LogP contribution in [0.25, 0.3) is 22.2 Å². The number of para-hydroxylation sites is 2. The van der Waals surface area contributed by atoms with Gasteiger partial charge in [0.1, 0.15) is 16.3 Å². The highest BCUT2D eigenvalue weighted by Gasteiger charge is 2.09. The van der Waals surface area contributed by atoms with Gasteiger partial charge in [-0.2, -0.15) is 0 Å². The van der Waals surface area contributed by atoms with E-state index in [1.165, 1.54) is 0 Å². The molecule has 0 unspecified atom stereocenters. The number of oxazole rings is 1. The Morgan fingerprint density at radius 2 is 2.08 bits per heavy atom. The Balaban J connectivity index is 1.78. The standard InChI is InChI=1S/C18H14ClNO4/c19-14(18-20-15-6-1-2-7-16(15)24-18)11-12-4-3-5-13(10-12)23-9-8-17(21)22/h1-7,10-11H,8-9H2,(H,21,22). The minimum absolute atomic E-state index is 0.0519. The molecule has 0 aliphatic carbocycles. The molecular weight excluding hydrogens is 330 g/mol. The van der Waals surface area contributed by atoms with E-state index in [2.05, 4.69) is 4.98 Å². The Bertz CT molecular complexity index is 868. The van der Waals surface area contributed by atoms with Crippen molar-refractivity contribution in [2.24, 2.45) is 0 Å². The van der Waals surface area contributed by atoms with Crippen LogP contribution < -0.4 is 4.74 Å². The summed E-state index contributed by atoms with van der Waals surface area (Å²) in [4.78, 5) is 14.8. The van der Waals surface area contributed by atoms with Gasteiger partial charge in [-0.15, -0.1) is 0 Å². The zero-order valence-electron chi connectivity index (χ0n) is 12.6. The fourth-order valence-corrected chi connectivity index (χ4v) is 2.34. The fourth-order valence-electron chi connectivity index (χ4n) is 2.13. The predicted molar refractivity (Wildman–Crippen MR) is 91.9 cm³/mol. The highest BCUT2D eigenvalue weighted by molar-refractivity contribution is 6.50. The number of carboxylic acids is 1.